The molecular weight excluding hydrogens is 302 g/mol. The maximum Gasteiger partial charge on any atom is 0.327 e. The molecule has 0 aliphatic carbocycles. The summed E-state index contributed by atoms with van der Waals surface area (Å²) in [5.74, 6) is -0.463. The van der Waals surface area contributed by atoms with E-state index in [4.69, 9.17) is 5.41 Å². The van der Waals surface area contributed by atoms with Gasteiger partial charge in [0.25, 0.3) is 11.5 Å². The summed E-state index contributed by atoms with van der Waals surface area (Å²) in [6, 6.07) is 0. The minimum Gasteiger partial charge on any atom is -0.316 e. The van der Waals surface area contributed by atoms with Gasteiger partial charge in [-0.1, -0.05) is 0 Å². The van der Waals surface area contributed by atoms with Gasteiger partial charge in [-0.3, -0.25) is 29.9 Å². The van der Waals surface area contributed by atoms with E-state index >= 15 is 0 Å². The van der Waals surface area contributed by atoms with Crippen molar-refractivity contribution in [3.63, 3.8) is 0 Å². The number of imidazole rings is 1. The number of hydrogen-bond donors (Lipinski definition) is 3. The third-order valence-corrected chi connectivity index (χ3v) is 4.16. The molecule has 1 fully saturated rings. The molecule has 1 amide bonds. The molecule has 4 heterocycles. The lowest BCUT2D eigenvalue weighted by Crippen LogP contribution is -2.31. The number of nitrogens with zero attached hydrogens (tertiary/aromatic N) is 4. The first-order valence-corrected chi connectivity index (χ1v) is 6.99. The van der Waals surface area contributed by atoms with Crippen LogP contribution < -0.4 is 16.6 Å². The van der Waals surface area contributed by atoms with Crippen LogP contribution in [0.4, 0.5) is 0 Å². The topological polar surface area (TPSA) is 129 Å². The number of allylic oxidation sites excluding steroid dienone is 1. The summed E-state index contributed by atoms with van der Waals surface area (Å²) in [5.41, 5.74) is 0.242. The number of amides is 1. The summed E-state index contributed by atoms with van der Waals surface area (Å²) in [4.78, 5) is 43.4. The second-order valence-electron chi connectivity index (χ2n) is 5.62. The van der Waals surface area contributed by atoms with Gasteiger partial charge in [0, 0.05) is 26.1 Å². The van der Waals surface area contributed by atoms with Gasteiger partial charge in [-0.05, 0) is 6.08 Å². The number of rotatable bonds is 1. The molecular formula is C13H13N7O3. The Labute approximate surface area is 128 Å². The van der Waals surface area contributed by atoms with E-state index in [9.17, 15) is 14.4 Å². The number of H-pyrrole nitrogens is 1. The highest BCUT2D eigenvalue weighted by molar-refractivity contribution is 6.12. The zero-order chi connectivity index (χ0) is 16.3. The van der Waals surface area contributed by atoms with Crippen molar-refractivity contribution in [3.05, 3.63) is 38.9 Å². The fourth-order valence-electron chi connectivity index (χ4n) is 3.04. The van der Waals surface area contributed by atoms with Gasteiger partial charge in [0.05, 0.1) is 0 Å². The van der Waals surface area contributed by atoms with Gasteiger partial charge in [0.15, 0.2) is 5.52 Å². The Morgan fingerprint density at radius 2 is 2.13 bits per heavy atom. The van der Waals surface area contributed by atoms with Crippen LogP contribution in [0.3, 0.4) is 0 Å². The molecule has 2 aliphatic heterocycles. The Balaban J connectivity index is 1.79. The highest BCUT2D eigenvalue weighted by Gasteiger charge is 2.30. The number of carbonyl (C=O) groups excluding carboxylic acids is 1. The molecule has 3 N–H and O–H groups in total. The smallest absolute Gasteiger partial charge is 0.316 e. The number of nitrogens with one attached hydrogen (secondary N) is 3. The lowest BCUT2D eigenvalue weighted by molar-refractivity contribution is -0.116. The lowest BCUT2D eigenvalue weighted by Gasteiger charge is -2.23. The summed E-state index contributed by atoms with van der Waals surface area (Å²) in [6.07, 6.45) is 3.14. The Kier molecular flexibility index (Phi) is 2.59. The van der Waals surface area contributed by atoms with Crippen molar-refractivity contribution in [1.82, 2.24) is 29.3 Å². The average molecular weight is 315 g/mol. The van der Waals surface area contributed by atoms with Crippen LogP contribution in [0.2, 0.25) is 0 Å². The standard InChI is InChI=1S/C13H13N7O3/c1-18-7(9(21)17-12(18)14)2-6-3-19-5-15-10(22)8-11(19)20(4-6)13(23)16-8/h2,5-6H,3-4H2,1H3,(H,16,23)(H2,14,17,21). The van der Waals surface area contributed by atoms with Crippen LogP contribution >= 0.6 is 0 Å². The monoisotopic (exact) mass is 315 g/mol. The van der Waals surface area contributed by atoms with Gasteiger partial charge in [-0.15, -0.1) is 0 Å². The SMILES string of the molecule is CN1C(=N)NC(=O)C1=CC1Cn2cnc(=O)c3[nH]c(=O)n(c32)C1. The summed E-state index contributed by atoms with van der Waals surface area (Å²) in [5, 5.41) is 10.0. The van der Waals surface area contributed by atoms with Gasteiger partial charge in [0.2, 0.25) is 5.96 Å². The minimum absolute atomic E-state index is 0.0176. The van der Waals surface area contributed by atoms with Crippen LogP contribution in [-0.4, -0.2) is 42.9 Å². The molecule has 1 atom stereocenters. The number of aromatic amines is 1. The van der Waals surface area contributed by atoms with E-state index in [-0.39, 0.29) is 29.0 Å². The molecule has 23 heavy (non-hydrogen) atoms. The highest BCUT2D eigenvalue weighted by atomic mass is 16.2. The molecule has 2 aromatic heterocycles. The van der Waals surface area contributed by atoms with Crippen LogP contribution in [0, 0.1) is 11.3 Å². The Morgan fingerprint density at radius 1 is 1.35 bits per heavy atom. The van der Waals surface area contributed by atoms with E-state index in [1.807, 2.05) is 0 Å². The van der Waals surface area contributed by atoms with E-state index in [1.54, 1.807) is 17.7 Å². The molecule has 0 bridgehead atoms. The average Bonchev–Trinajstić information content (AvgIpc) is 2.97. The number of hydrogen-bond acceptors (Lipinski definition) is 5. The normalized spacial score (nSPS) is 22.2. The first-order valence-electron chi connectivity index (χ1n) is 6.99. The fraction of sp³-hybridized carbons (Fsp3) is 0.308. The molecule has 118 valence electrons. The van der Waals surface area contributed by atoms with Gasteiger partial charge in [-0.25, -0.2) is 4.79 Å². The molecule has 0 radical (unpaired) electrons. The highest BCUT2D eigenvalue weighted by Crippen LogP contribution is 2.21. The van der Waals surface area contributed by atoms with Crippen LogP contribution in [-0.2, 0) is 17.9 Å². The van der Waals surface area contributed by atoms with E-state index in [0.29, 0.717) is 24.4 Å². The van der Waals surface area contributed by atoms with Crippen molar-refractivity contribution in [1.29, 1.82) is 5.41 Å². The minimum atomic E-state index is -0.466. The molecule has 10 nitrogen and oxygen atoms in total. The van der Waals surface area contributed by atoms with E-state index < -0.39 is 5.56 Å². The van der Waals surface area contributed by atoms with Gasteiger partial charge >= 0.3 is 5.69 Å². The third-order valence-electron chi connectivity index (χ3n) is 4.16. The maximum absolute atomic E-state index is 12.1. The predicted molar refractivity (Wildman–Crippen MR) is 79.8 cm³/mol. The van der Waals surface area contributed by atoms with Crippen molar-refractivity contribution < 1.29 is 4.79 Å². The third kappa shape index (κ3) is 1.84. The van der Waals surface area contributed by atoms with E-state index in [2.05, 4.69) is 15.3 Å². The van der Waals surface area contributed by atoms with Crippen molar-refractivity contribution >= 4 is 23.0 Å². The molecule has 0 spiro atoms. The second-order valence-corrected chi connectivity index (χ2v) is 5.62. The fourth-order valence-corrected chi connectivity index (χ4v) is 3.04. The number of guanidine groups is 1. The van der Waals surface area contributed by atoms with Crippen LogP contribution in [0.5, 0.6) is 0 Å². The zero-order valence-electron chi connectivity index (χ0n) is 12.2. The maximum atomic E-state index is 12.1. The Morgan fingerprint density at radius 3 is 2.83 bits per heavy atom. The molecule has 2 aliphatic rings. The van der Waals surface area contributed by atoms with Crippen LogP contribution in [0.1, 0.15) is 0 Å². The summed E-state index contributed by atoms with van der Waals surface area (Å²) >= 11 is 0. The molecule has 4 rings (SSSR count). The summed E-state index contributed by atoms with van der Waals surface area (Å²) in [7, 11) is 1.63. The van der Waals surface area contributed by atoms with Crippen LogP contribution in [0.25, 0.3) is 11.2 Å². The van der Waals surface area contributed by atoms with E-state index in [0.717, 1.165) is 0 Å². The first kappa shape index (κ1) is 13.5. The lowest BCUT2D eigenvalue weighted by atomic mass is 10.1. The van der Waals surface area contributed by atoms with Crippen molar-refractivity contribution in [2.24, 2.45) is 5.92 Å². The summed E-state index contributed by atoms with van der Waals surface area (Å²) in [6.45, 7) is 0.833. The van der Waals surface area contributed by atoms with Gasteiger partial charge in [0.1, 0.15) is 17.7 Å². The Bertz CT molecular complexity index is 1010. The van der Waals surface area contributed by atoms with Crippen molar-refractivity contribution in [2.45, 2.75) is 13.1 Å². The molecule has 0 saturated carbocycles. The van der Waals surface area contributed by atoms with Crippen molar-refractivity contribution in [2.75, 3.05) is 7.05 Å². The molecule has 1 saturated heterocycles. The zero-order valence-corrected chi connectivity index (χ0v) is 12.2. The van der Waals surface area contributed by atoms with Gasteiger partial charge in [-0.2, -0.15) is 4.98 Å². The van der Waals surface area contributed by atoms with Crippen molar-refractivity contribution in [3.8, 4) is 0 Å². The second kappa shape index (κ2) is 4.41. The molecule has 2 aromatic rings. The predicted octanol–water partition coefficient (Wildman–Crippen LogP) is -1.60. The summed E-state index contributed by atoms with van der Waals surface area (Å²) < 4.78 is 3.19. The first-order chi connectivity index (χ1) is 11.0. The van der Waals surface area contributed by atoms with Gasteiger partial charge < -0.3 is 9.47 Å². The number of aromatic nitrogens is 4. The molecule has 10 heteroatoms. The number of likely N-dealkylation sites (N-methyl/N-ethyl adjacent to an activating group) is 1. The largest absolute Gasteiger partial charge is 0.327 e. The number of carbonyl (C=O) groups is 1. The molecule has 0 aromatic carbocycles. The van der Waals surface area contributed by atoms with E-state index in [1.165, 1.54) is 15.8 Å². The van der Waals surface area contributed by atoms with Crippen LogP contribution in [0.15, 0.2) is 27.7 Å². The Hall–Kier alpha value is -3.17. The quantitative estimate of drug-likeness (QED) is 0.546. The molecule has 1 unspecified atom stereocenters.